The number of aryl methyl sites for hydroxylation is 1. The number of hydrogen-bond donors (Lipinski definition) is 1. The Labute approximate surface area is 97.1 Å². The first-order valence-electron chi connectivity index (χ1n) is 6.13. The molecule has 1 aromatic carbocycles. The van der Waals surface area contributed by atoms with Crippen LogP contribution in [0.2, 0.25) is 0 Å². The van der Waals surface area contributed by atoms with Gasteiger partial charge in [0.25, 0.3) is 0 Å². The molecule has 1 aliphatic rings. The molecule has 16 heavy (non-hydrogen) atoms. The van der Waals surface area contributed by atoms with Crippen LogP contribution in [0.3, 0.4) is 0 Å². The maximum absolute atomic E-state index is 13.2. The van der Waals surface area contributed by atoms with E-state index in [0.717, 1.165) is 13.0 Å². The van der Waals surface area contributed by atoms with Crippen LogP contribution in [0.5, 0.6) is 0 Å². The molecular formula is C14H20FN. The third-order valence-electron chi connectivity index (χ3n) is 3.55. The number of halogens is 1. The van der Waals surface area contributed by atoms with E-state index in [4.69, 9.17) is 0 Å². The summed E-state index contributed by atoms with van der Waals surface area (Å²) in [4.78, 5) is 0. The predicted molar refractivity (Wildman–Crippen MR) is 65.0 cm³/mol. The molecular weight excluding hydrogens is 201 g/mol. The van der Waals surface area contributed by atoms with E-state index in [-0.39, 0.29) is 5.82 Å². The fraction of sp³-hybridized carbons (Fsp3) is 0.571. The number of rotatable bonds is 2. The molecule has 1 aliphatic heterocycles. The van der Waals surface area contributed by atoms with Gasteiger partial charge >= 0.3 is 0 Å². The lowest BCUT2D eigenvalue weighted by Gasteiger charge is -2.28. The van der Waals surface area contributed by atoms with E-state index in [1.54, 1.807) is 12.1 Å². The molecule has 1 saturated heterocycles. The molecule has 2 heteroatoms. The predicted octanol–water partition coefficient (Wildman–Crippen LogP) is 3.06. The highest BCUT2D eigenvalue weighted by molar-refractivity contribution is 5.27. The number of benzene rings is 1. The summed E-state index contributed by atoms with van der Waals surface area (Å²) in [6, 6.07) is 5.73. The number of nitrogens with one attached hydrogen (secondary N) is 1. The van der Waals surface area contributed by atoms with Crippen LogP contribution in [0.15, 0.2) is 18.2 Å². The Bertz CT molecular complexity index is 362. The van der Waals surface area contributed by atoms with Gasteiger partial charge in [-0.05, 0) is 68.8 Å². The van der Waals surface area contributed by atoms with E-state index < -0.39 is 0 Å². The molecule has 0 aromatic heterocycles. The van der Waals surface area contributed by atoms with E-state index in [9.17, 15) is 4.39 Å². The van der Waals surface area contributed by atoms with Gasteiger partial charge in [-0.1, -0.05) is 6.07 Å². The second-order valence-corrected chi connectivity index (χ2v) is 5.02. The minimum Gasteiger partial charge on any atom is -0.314 e. The van der Waals surface area contributed by atoms with Gasteiger partial charge < -0.3 is 5.32 Å². The van der Waals surface area contributed by atoms with Crippen LogP contribution in [0.25, 0.3) is 0 Å². The van der Waals surface area contributed by atoms with Gasteiger partial charge in [0.15, 0.2) is 0 Å². The molecule has 0 amide bonds. The van der Waals surface area contributed by atoms with Gasteiger partial charge in [-0.2, -0.15) is 0 Å². The van der Waals surface area contributed by atoms with Gasteiger partial charge in [0.05, 0.1) is 0 Å². The molecule has 1 aromatic rings. The summed E-state index contributed by atoms with van der Waals surface area (Å²) in [5, 5.41) is 3.45. The average molecular weight is 221 g/mol. The summed E-state index contributed by atoms with van der Waals surface area (Å²) in [6.45, 7) is 5.39. The molecule has 0 aliphatic carbocycles. The Morgan fingerprint density at radius 3 is 3.00 bits per heavy atom. The zero-order valence-corrected chi connectivity index (χ0v) is 10.1. The Hall–Kier alpha value is -0.890. The second-order valence-electron chi connectivity index (χ2n) is 5.02. The molecule has 0 saturated carbocycles. The van der Waals surface area contributed by atoms with Crippen LogP contribution >= 0.6 is 0 Å². The van der Waals surface area contributed by atoms with Crippen LogP contribution in [0.4, 0.5) is 4.39 Å². The number of piperidine rings is 1. The molecule has 1 fully saturated rings. The van der Waals surface area contributed by atoms with E-state index in [1.807, 2.05) is 6.07 Å². The van der Waals surface area contributed by atoms with E-state index in [0.29, 0.717) is 12.0 Å². The Morgan fingerprint density at radius 1 is 1.44 bits per heavy atom. The summed E-state index contributed by atoms with van der Waals surface area (Å²) in [7, 11) is 0. The van der Waals surface area contributed by atoms with Crippen LogP contribution < -0.4 is 5.32 Å². The molecule has 1 heterocycles. The molecule has 0 spiro atoms. The Balaban J connectivity index is 2.05. The summed E-state index contributed by atoms with van der Waals surface area (Å²) >= 11 is 0. The third-order valence-corrected chi connectivity index (χ3v) is 3.55. The minimum absolute atomic E-state index is 0.109. The normalized spacial score (nSPS) is 25.7. The lowest BCUT2D eigenvalue weighted by atomic mass is 9.86. The maximum atomic E-state index is 13.2. The molecule has 1 nitrogen and oxygen atoms in total. The molecule has 0 radical (unpaired) electrons. The van der Waals surface area contributed by atoms with Crippen molar-refractivity contribution in [2.24, 2.45) is 5.92 Å². The lowest BCUT2D eigenvalue weighted by Crippen LogP contribution is -2.36. The highest BCUT2D eigenvalue weighted by Crippen LogP contribution is 2.23. The first-order valence-corrected chi connectivity index (χ1v) is 6.13. The van der Waals surface area contributed by atoms with Crippen molar-refractivity contribution in [1.29, 1.82) is 0 Å². The maximum Gasteiger partial charge on any atom is 0.123 e. The van der Waals surface area contributed by atoms with E-state index >= 15 is 0 Å². The van der Waals surface area contributed by atoms with Gasteiger partial charge in [-0.3, -0.25) is 0 Å². The van der Waals surface area contributed by atoms with E-state index in [1.165, 1.54) is 24.0 Å². The standard InChI is InChI=1S/C14H20FN/c1-10-3-4-14(15)9-13(10)8-12-5-6-16-11(2)7-12/h3-4,9,11-12,16H,5-8H2,1-2H3. The van der Waals surface area contributed by atoms with Crippen molar-refractivity contribution in [3.8, 4) is 0 Å². The van der Waals surface area contributed by atoms with Gasteiger partial charge in [0.1, 0.15) is 5.82 Å². The van der Waals surface area contributed by atoms with Crippen LogP contribution in [-0.2, 0) is 6.42 Å². The summed E-state index contributed by atoms with van der Waals surface area (Å²) < 4.78 is 13.2. The fourth-order valence-corrected chi connectivity index (χ4v) is 2.59. The fourth-order valence-electron chi connectivity index (χ4n) is 2.59. The smallest absolute Gasteiger partial charge is 0.123 e. The first kappa shape index (κ1) is 11.6. The molecule has 0 bridgehead atoms. The van der Waals surface area contributed by atoms with E-state index in [2.05, 4.69) is 19.2 Å². The first-order chi connectivity index (χ1) is 7.65. The van der Waals surface area contributed by atoms with Gasteiger partial charge in [-0.25, -0.2) is 4.39 Å². The largest absolute Gasteiger partial charge is 0.314 e. The summed E-state index contributed by atoms with van der Waals surface area (Å²) in [5.41, 5.74) is 2.40. The van der Waals surface area contributed by atoms with Gasteiger partial charge in [0.2, 0.25) is 0 Å². The minimum atomic E-state index is -0.109. The van der Waals surface area contributed by atoms with Crippen molar-refractivity contribution in [2.75, 3.05) is 6.54 Å². The molecule has 2 unspecified atom stereocenters. The summed E-state index contributed by atoms with van der Waals surface area (Å²) in [5.74, 6) is 0.597. The van der Waals surface area contributed by atoms with Gasteiger partial charge in [-0.15, -0.1) is 0 Å². The number of hydrogen-bond acceptors (Lipinski definition) is 1. The lowest BCUT2D eigenvalue weighted by molar-refractivity contribution is 0.313. The topological polar surface area (TPSA) is 12.0 Å². The summed E-state index contributed by atoms with van der Waals surface area (Å²) in [6.07, 6.45) is 3.44. The van der Waals surface area contributed by atoms with Crippen molar-refractivity contribution in [1.82, 2.24) is 5.32 Å². The quantitative estimate of drug-likeness (QED) is 0.809. The monoisotopic (exact) mass is 221 g/mol. The molecule has 1 N–H and O–H groups in total. The highest BCUT2D eigenvalue weighted by Gasteiger charge is 2.19. The SMILES string of the molecule is Cc1ccc(F)cc1CC1CCNC(C)C1. The van der Waals surface area contributed by atoms with Crippen molar-refractivity contribution in [3.63, 3.8) is 0 Å². The molecule has 2 atom stereocenters. The Kier molecular flexibility index (Phi) is 3.59. The second kappa shape index (κ2) is 4.96. The zero-order chi connectivity index (χ0) is 11.5. The van der Waals surface area contributed by atoms with Crippen molar-refractivity contribution < 1.29 is 4.39 Å². The average Bonchev–Trinajstić information content (AvgIpc) is 2.24. The van der Waals surface area contributed by atoms with Crippen LogP contribution in [0.1, 0.15) is 30.9 Å². The molecule has 2 rings (SSSR count). The Morgan fingerprint density at radius 2 is 2.25 bits per heavy atom. The highest BCUT2D eigenvalue weighted by atomic mass is 19.1. The van der Waals surface area contributed by atoms with Crippen molar-refractivity contribution in [3.05, 3.63) is 35.1 Å². The van der Waals surface area contributed by atoms with Crippen LogP contribution in [-0.4, -0.2) is 12.6 Å². The van der Waals surface area contributed by atoms with Crippen molar-refractivity contribution in [2.45, 2.75) is 39.2 Å². The van der Waals surface area contributed by atoms with Crippen molar-refractivity contribution >= 4 is 0 Å². The zero-order valence-electron chi connectivity index (χ0n) is 10.1. The third kappa shape index (κ3) is 2.82. The van der Waals surface area contributed by atoms with Crippen LogP contribution in [0, 0.1) is 18.7 Å². The van der Waals surface area contributed by atoms with Gasteiger partial charge in [0, 0.05) is 6.04 Å². The molecule has 88 valence electrons.